The summed E-state index contributed by atoms with van der Waals surface area (Å²) in [5, 5.41) is 0. The molecule has 0 heterocycles. The summed E-state index contributed by atoms with van der Waals surface area (Å²) in [5.41, 5.74) is 0. The normalized spacial score (nSPS) is 13.2. The molecule has 160 valence electrons. The van der Waals surface area contributed by atoms with Crippen molar-refractivity contribution in [2.45, 2.75) is 65.2 Å². The Kier molecular flexibility index (Phi) is 15.0. The van der Waals surface area contributed by atoms with E-state index in [1.54, 1.807) is 0 Å². The molecule has 0 amide bonds. The maximum Gasteiger partial charge on any atom is 0.335 e. The summed E-state index contributed by atoms with van der Waals surface area (Å²) in [4.78, 5) is 4.28. The van der Waals surface area contributed by atoms with Crippen molar-refractivity contribution in [3.8, 4) is 0 Å². The molecule has 0 spiro atoms. The first kappa shape index (κ1) is 28.7. The third-order valence-electron chi connectivity index (χ3n) is 3.35. The minimum atomic E-state index is -1.94. The molecule has 8 heteroatoms. The second kappa shape index (κ2) is 13.6. The zero-order valence-corrected chi connectivity index (χ0v) is 23.0. The topological polar surface area (TPSA) is 37.0 Å². The molecule has 0 unspecified atom stereocenters. The number of likely N-dealkylation sites (N-methyl/N-ethyl adjacent to an activating group) is 2. The molecule has 0 atom stereocenters. The molecule has 0 aliphatic rings. The highest BCUT2D eigenvalue weighted by atomic mass is 28.4. The fourth-order valence-electron chi connectivity index (χ4n) is 2.65. The third kappa shape index (κ3) is 22.5. The Morgan fingerprint density at radius 3 is 1.23 bits per heavy atom. The monoisotopic (exact) mass is 423 g/mol. The molecule has 0 aliphatic carbocycles. The van der Waals surface area contributed by atoms with Gasteiger partial charge in [0.2, 0.25) is 0 Å². The highest BCUT2D eigenvalue weighted by molar-refractivity contribution is 6.90. The predicted molar refractivity (Wildman–Crippen MR) is 126 cm³/mol. The van der Waals surface area contributed by atoms with Crippen LogP contribution in [0.4, 0.5) is 0 Å². The largest absolute Gasteiger partial charge is 0.393 e. The quantitative estimate of drug-likeness (QED) is 0.482. The second-order valence-electron chi connectivity index (χ2n) is 9.81. The minimum absolute atomic E-state index is 0.775. The fourth-order valence-corrected chi connectivity index (χ4v) is 14.0. The summed E-state index contributed by atoms with van der Waals surface area (Å²) < 4.78 is 15.8. The van der Waals surface area contributed by atoms with Crippen LogP contribution in [0, 0.1) is 0 Å². The van der Waals surface area contributed by atoms with Crippen LogP contribution < -0.4 is 4.65 Å². The smallest absolute Gasteiger partial charge is 0.335 e. The van der Waals surface area contributed by atoms with E-state index in [2.05, 4.69) is 95.4 Å². The van der Waals surface area contributed by atoms with E-state index in [1.807, 2.05) is 0 Å². The average molecular weight is 424 g/mol. The first-order valence-corrected chi connectivity index (χ1v) is 19.5. The zero-order chi connectivity index (χ0) is 21.0. The van der Waals surface area contributed by atoms with E-state index < -0.39 is 25.0 Å². The van der Waals surface area contributed by atoms with Crippen LogP contribution in [0.25, 0.3) is 0 Å². The molecule has 0 aromatic carbocycles. The van der Waals surface area contributed by atoms with Gasteiger partial charge in [-0.15, -0.1) is 0 Å². The Morgan fingerprint density at radius 2 is 1.04 bits per heavy atom. The molecule has 26 heavy (non-hydrogen) atoms. The van der Waals surface area contributed by atoms with Gasteiger partial charge in [0.1, 0.15) is 16.5 Å². The van der Waals surface area contributed by atoms with Crippen LogP contribution in [0.15, 0.2) is 0 Å². The van der Waals surface area contributed by atoms with Gasteiger partial charge in [0, 0.05) is 26.3 Å². The van der Waals surface area contributed by atoms with Crippen molar-refractivity contribution in [2.75, 3.05) is 54.5 Å². The average Bonchev–Trinajstić information content (AvgIpc) is 2.34. The molecule has 0 bridgehead atoms. The van der Waals surface area contributed by atoms with Gasteiger partial charge >= 0.3 is 8.56 Å². The number of rotatable bonds is 12. The number of hydrogen-bond acceptors (Lipinski definition) is 5. The van der Waals surface area contributed by atoms with Crippen molar-refractivity contribution in [1.82, 2.24) is 14.4 Å². The lowest BCUT2D eigenvalue weighted by Crippen LogP contribution is -2.55. The summed E-state index contributed by atoms with van der Waals surface area (Å²) in [7, 11) is 4.36. The van der Waals surface area contributed by atoms with Gasteiger partial charge in [0.05, 0.1) is 0 Å². The molecular weight excluding hydrogens is 374 g/mol. The van der Waals surface area contributed by atoms with Crippen molar-refractivity contribution in [3.63, 3.8) is 0 Å². The number of nitrogens with one attached hydrogen (secondary N) is 1. The van der Waals surface area contributed by atoms with Crippen molar-refractivity contribution >= 4 is 25.0 Å². The Bertz CT molecular complexity index is 318. The van der Waals surface area contributed by atoms with Gasteiger partial charge in [-0.1, -0.05) is 52.6 Å². The molecule has 0 aromatic heterocycles. The first-order valence-electron chi connectivity index (χ1n) is 9.97. The molecule has 0 radical (unpaired) electrons. The Balaban J connectivity index is 0. The van der Waals surface area contributed by atoms with E-state index in [0.717, 1.165) is 38.8 Å². The maximum atomic E-state index is 6.02. The van der Waals surface area contributed by atoms with Crippen LogP contribution in [0.1, 0.15) is 13.3 Å². The van der Waals surface area contributed by atoms with Crippen LogP contribution in [0.5, 0.6) is 0 Å². The molecule has 5 nitrogen and oxygen atoms in total. The number of hydrogen-bond donors (Lipinski definition) is 1. The van der Waals surface area contributed by atoms with Crippen molar-refractivity contribution in [3.05, 3.63) is 0 Å². The summed E-state index contributed by atoms with van der Waals surface area (Å²) in [6, 6.07) is 1.08. The lowest BCUT2D eigenvalue weighted by atomic mass is 10.6. The standard InChI is InChI=1S/C12H30N2O2Si.C6H19NSi2/c1-7-12-17(6,15-10-8-13(2)3)16-11-9-14(4)5;1-8(2,3)7-9(4,5)6/h7-12H2,1-6H3;7H,1-6H3. The molecular formula is C18H49N3O2Si3. The zero-order valence-electron chi connectivity index (χ0n) is 20.0. The SMILES string of the molecule is CCC[Si](C)(OCCN(C)C)OCCN(C)C.C[Si](C)(C)N[Si](C)(C)C. The van der Waals surface area contributed by atoms with Gasteiger partial charge < -0.3 is 23.3 Å². The summed E-state index contributed by atoms with van der Waals surface area (Å²) in [6.07, 6.45) is 1.13. The molecule has 0 rings (SSSR count). The van der Waals surface area contributed by atoms with E-state index in [0.29, 0.717) is 0 Å². The highest BCUT2D eigenvalue weighted by Gasteiger charge is 2.30. The van der Waals surface area contributed by atoms with Gasteiger partial charge in [0.25, 0.3) is 0 Å². The fraction of sp³-hybridized carbons (Fsp3) is 1.00. The van der Waals surface area contributed by atoms with Gasteiger partial charge in [-0.2, -0.15) is 0 Å². The lowest BCUT2D eigenvalue weighted by molar-refractivity contribution is 0.149. The van der Waals surface area contributed by atoms with Gasteiger partial charge in [-0.3, -0.25) is 0 Å². The number of nitrogens with zero attached hydrogens (tertiary/aromatic N) is 2. The van der Waals surface area contributed by atoms with Crippen molar-refractivity contribution < 1.29 is 8.85 Å². The van der Waals surface area contributed by atoms with Gasteiger partial charge in [0.15, 0.2) is 0 Å². The van der Waals surface area contributed by atoms with Crippen LogP contribution in [0.3, 0.4) is 0 Å². The maximum absolute atomic E-state index is 6.02. The van der Waals surface area contributed by atoms with Crippen LogP contribution in [-0.2, 0) is 8.85 Å². The third-order valence-corrected chi connectivity index (χ3v) is 12.4. The highest BCUT2D eigenvalue weighted by Crippen LogP contribution is 2.15. The van der Waals surface area contributed by atoms with E-state index in [-0.39, 0.29) is 0 Å². The summed E-state index contributed by atoms with van der Waals surface area (Å²) >= 11 is 0. The van der Waals surface area contributed by atoms with E-state index in [4.69, 9.17) is 8.85 Å². The summed E-state index contributed by atoms with van der Waals surface area (Å²) in [5.74, 6) is 0. The molecule has 1 N–H and O–H groups in total. The first-order chi connectivity index (χ1) is 11.6. The Labute approximate surface area is 168 Å². The Hall–Kier alpha value is 0.451. The lowest BCUT2D eigenvalue weighted by Gasteiger charge is -2.28. The molecule has 0 aromatic rings. The minimum Gasteiger partial charge on any atom is -0.393 e. The summed E-state index contributed by atoms with van der Waals surface area (Å²) in [6.45, 7) is 22.0. The predicted octanol–water partition coefficient (Wildman–Crippen LogP) is 3.87. The van der Waals surface area contributed by atoms with Gasteiger partial charge in [-0.25, -0.2) is 0 Å². The molecule has 0 saturated carbocycles. The van der Waals surface area contributed by atoms with Crippen molar-refractivity contribution in [1.29, 1.82) is 0 Å². The van der Waals surface area contributed by atoms with Crippen LogP contribution in [0.2, 0.25) is 51.9 Å². The molecule has 0 aliphatic heterocycles. The van der Waals surface area contributed by atoms with Crippen molar-refractivity contribution in [2.24, 2.45) is 0 Å². The van der Waals surface area contributed by atoms with E-state index >= 15 is 0 Å². The second-order valence-corrected chi connectivity index (χ2v) is 23.2. The van der Waals surface area contributed by atoms with E-state index in [9.17, 15) is 0 Å². The molecule has 0 fully saturated rings. The van der Waals surface area contributed by atoms with Crippen LogP contribution in [-0.4, -0.2) is 89.3 Å². The van der Waals surface area contributed by atoms with Crippen LogP contribution >= 0.6 is 0 Å². The molecule has 0 saturated heterocycles. The van der Waals surface area contributed by atoms with Gasteiger partial charge in [-0.05, 0) is 40.8 Å². The Morgan fingerprint density at radius 1 is 0.692 bits per heavy atom. The van der Waals surface area contributed by atoms with E-state index in [1.165, 1.54) is 0 Å².